The second-order valence-electron chi connectivity index (χ2n) is 3.95. The van der Waals surface area contributed by atoms with Crippen LogP contribution in [0.25, 0.3) is 0 Å². The van der Waals surface area contributed by atoms with Gasteiger partial charge in [-0.15, -0.1) is 0 Å². The molecule has 0 saturated heterocycles. The van der Waals surface area contributed by atoms with Gasteiger partial charge < -0.3 is 4.52 Å². The zero-order chi connectivity index (χ0) is 8.65. The Labute approximate surface area is 67.6 Å². The molecule has 0 aliphatic carbocycles. The van der Waals surface area contributed by atoms with Crippen molar-refractivity contribution in [3.8, 4) is 0 Å². The van der Waals surface area contributed by atoms with Crippen LogP contribution in [-0.4, -0.2) is 5.16 Å². The van der Waals surface area contributed by atoms with Gasteiger partial charge in [0, 0.05) is 5.56 Å². The van der Waals surface area contributed by atoms with Crippen LogP contribution in [0.3, 0.4) is 0 Å². The smallest absolute Gasteiger partial charge is 0.137 e. The van der Waals surface area contributed by atoms with Crippen molar-refractivity contribution in [2.45, 2.75) is 40.0 Å². The Kier molecular flexibility index (Phi) is 1.78. The van der Waals surface area contributed by atoms with Crippen molar-refractivity contribution in [1.29, 1.82) is 0 Å². The van der Waals surface area contributed by atoms with Crippen molar-refractivity contribution < 1.29 is 4.52 Å². The van der Waals surface area contributed by atoms with E-state index in [4.69, 9.17) is 4.52 Å². The third-order valence-electron chi connectivity index (χ3n) is 1.78. The molecule has 0 fully saturated rings. The quantitative estimate of drug-likeness (QED) is 0.572. The van der Waals surface area contributed by atoms with E-state index in [0.717, 1.165) is 11.5 Å². The second kappa shape index (κ2) is 2.36. The molecular weight excluding hydrogens is 138 g/mol. The molecule has 1 rings (SSSR count). The van der Waals surface area contributed by atoms with Gasteiger partial charge >= 0.3 is 0 Å². The number of rotatable bonds is 0. The van der Waals surface area contributed by atoms with Gasteiger partial charge in [0.05, 0.1) is 5.69 Å². The highest BCUT2D eigenvalue weighted by Crippen LogP contribution is 2.27. The Morgan fingerprint density at radius 2 is 1.73 bits per heavy atom. The Hall–Kier alpha value is -0.790. The Morgan fingerprint density at radius 1 is 1.18 bits per heavy atom. The summed E-state index contributed by atoms with van der Waals surface area (Å²) in [6, 6.07) is 0. The predicted molar refractivity (Wildman–Crippen MR) is 44.7 cm³/mol. The van der Waals surface area contributed by atoms with E-state index in [1.165, 1.54) is 5.56 Å². The first-order valence-electron chi connectivity index (χ1n) is 3.86. The molecule has 0 radical (unpaired) electrons. The van der Waals surface area contributed by atoms with Gasteiger partial charge in [0.15, 0.2) is 0 Å². The minimum atomic E-state index is 0.147. The van der Waals surface area contributed by atoms with Crippen molar-refractivity contribution in [2.24, 2.45) is 0 Å². The number of aryl methyl sites for hydroxylation is 2. The molecule has 0 aromatic carbocycles. The van der Waals surface area contributed by atoms with E-state index in [0.29, 0.717) is 0 Å². The lowest BCUT2D eigenvalue weighted by atomic mass is 9.86. The van der Waals surface area contributed by atoms with E-state index in [9.17, 15) is 0 Å². The van der Waals surface area contributed by atoms with Crippen LogP contribution in [0.4, 0.5) is 0 Å². The maximum absolute atomic E-state index is 5.07. The number of hydrogen-bond donors (Lipinski definition) is 0. The highest BCUT2D eigenvalue weighted by atomic mass is 16.5. The summed E-state index contributed by atoms with van der Waals surface area (Å²) < 4.78 is 5.07. The third kappa shape index (κ3) is 1.44. The lowest BCUT2D eigenvalue weighted by Crippen LogP contribution is -2.12. The van der Waals surface area contributed by atoms with Gasteiger partial charge in [-0.05, 0) is 19.3 Å². The lowest BCUT2D eigenvalue weighted by Gasteiger charge is -2.17. The van der Waals surface area contributed by atoms with Crippen molar-refractivity contribution >= 4 is 0 Å². The molecule has 0 bridgehead atoms. The monoisotopic (exact) mass is 153 g/mol. The van der Waals surface area contributed by atoms with Crippen LogP contribution in [0.15, 0.2) is 4.52 Å². The van der Waals surface area contributed by atoms with Gasteiger partial charge in [0.25, 0.3) is 0 Å². The highest BCUT2D eigenvalue weighted by Gasteiger charge is 2.22. The minimum absolute atomic E-state index is 0.147. The first kappa shape index (κ1) is 8.31. The molecule has 62 valence electrons. The molecule has 0 amide bonds. The number of nitrogens with zero attached hydrogens (tertiary/aromatic N) is 1. The Morgan fingerprint density at radius 3 is 1.91 bits per heavy atom. The first-order valence-corrected chi connectivity index (χ1v) is 3.86. The molecular formula is C9H15NO. The third-order valence-corrected chi connectivity index (χ3v) is 1.78. The number of hydrogen-bond acceptors (Lipinski definition) is 2. The van der Waals surface area contributed by atoms with Gasteiger partial charge in [-0.25, -0.2) is 0 Å². The molecule has 2 nitrogen and oxygen atoms in total. The Bertz CT molecular complexity index is 236. The standard InChI is InChI=1S/C9H15NO/c1-6-8(9(3,4)5)7(2)11-10-6/h1-5H3. The summed E-state index contributed by atoms with van der Waals surface area (Å²) in [6.45, 7) is 10.4. The van der Waals surface area contributed by atoms with Gasteiger partial charge in [0.2, 0.25) is 0 Å². The minimum Gasteiger partial charge on any atom is -0.361 e. The fraction of sp³-hybridized carbons (Fsp3) is 0.667. The topological polar surface area (TPSA) is 26.0 Å². The van der Waals surface area contributed by atoms with Crippen LogP contribution < -0.4 is 0 Å². The summed E-state index contributed by atoms with van der Waals surface area (Å²) in [6.07, 6.45) is 0. The van der Waals surface area contributed by atoms with Gasteiger partial charge in [-0.3, -0.25) is 0 Å². The van der Waals surface area contributed by atoms with Crippen molar-refractivity contribution in [3.05, 3.63) is 17.0 Å². The molecule has 2 heteroatoms. The lowest BCUT2D eigenvalue weighted by molar-refractivity contribution is 0.389. The number of aromatic nitrogens is 1. The summed E-state index contributed by atoms with van der Waals surface area (Å²) >= 11 is 0. The van der Waals surface area contributed by atoms with Gasteiger partial charge in [-0.2, -0.15) is 0 Å². The largest absolute Gasteiger partial charge is 0.361 e. The van der Waals surface area contributed by atoms with E-state index in [-0.39, 0.29) is 5.41 Å². The van der Waals surface area contributed by atoms with Crippen LogP contribution in [-0.2, 0) is 5.41 Å². The summed E-state index contributed by atoms with van der Waals surface area (Å²) in [5.41, 5.74) is 2.39. The summed E-state index contributed by atoms with van der Waals surface area (Å²) in [4.78, 5) is 0. The second-order valence-corrected chi connectivity index (χ2v) is 3.95. The fourth-order valence-corrected chi connectivity index (χ4v) is 1.55. The molecule has 0 aliphatic heterocycles. The predicted octanol–water partition coefficient (Wildman–Crippen LogP) is 2.59. The molecule has 0 saturated carbocycles. The van der Waals surface area contributed by atoms with Crippen molar-refractivity contribution in [2.75, 3.05) is 0 Å². The molecule has 0 aliphatic rings. The van der Waals surface area contributed by atoms with Crippen LogP contribution in [0.1, 0.15) is 37.8 Å². The highest BCUT2D eigenvalue weighted by molar-refractivity contribution is 5.28. The molecule has 0 spiro atoms. The Balaban J connectivity index is 3.21. The fourth-order valence-electron chi connectivity index (χ4n) is 1.55. The summed E-state index contributed by atoms with van der Waals surface area (Å²) in [5, 5.41) is 3.91. The molecule has 0 N–H and O–H groups in total. The zero-order valence-corrected chi connectivity index (χ0v) is 7.86. The van der Waals surface area contributed by atoms with Crippen LogP contribution in [0, 0.1) is 13.8 Å². The summed E-state index contributed by atoms with van der Waals surface area (Å²) in [7, 11) is 0. The van der Waals surface area contributed by atoms with Crippen LogP contribution in [0.5, 0.6) is 0 Å². The maximum Gasteiger partial charge on any atom is 0.137 e. The SMILES string of the molecule is Cc1noc(C)c1C(C)(C)C. The average Bonchev–Trinajstić information content (AvgIpc) is 2.08. The van der Waals surface area contributed by atoms with E-state index in [1.807, 2.05) is 13.8 Å². The molecule has 11 heavy (non-hydrogen) atoms. The molecule has 0 unspecified atom stereocenters. The zero-order valence-electron chi connectivity index (χ0n) is 7.86. The normalized spacial score (nSPS) is 12.1. The summed E-state index contributed by atoms with van der Waals surface area (Å²) in [5.74, 6) is 0.940. The average molecular weight is 153 g/mol. The molecule has 1 heterocycles. The van der Waals surface area contributed by atoms with Gasteiger partial charge in [-0.1, -0.05) is 25.9 Å². The maximum atomic E-state index is 5.07. The van der Waals surface area contributed by atoms with Gasteiger partial charge in [0.1, 0.15) is 5.76 Å². The van der Waals surface area contributed by atoms with E-state index in [1.54, 1.807) is 0 Å². The van der Waals surface area contributed by atoms with E-state index in [2.05, 4.69) is 25.9 Å². The first-order chi connectivity index (χ1) is 4.93. The van der Waals surface area contributed by atoms with Crippen molar-refractivity contribution in [1.82, 2.24) is 5.16 Å². The molecule has 0 atom stereocenters. The molecule has 1 aromatic heterocycles. The van der Waals surface area contributed by atoms with E-state index >= 15 is 0 Å². The molecule has 1 aromatic rings. The van der Waals surface area contributed by atoms with E-state index < -0.39 is 0 Å². The van der Waals surface area contributed by atoms with Crippen LogP contribution in [0.2, 0.25) is 0 Å². The van der Waals surface area contributed by atoms with Crippen LogP contribution >= 0.6 is 0 Å². The van der Waals surface area contributed by atoms with Crippen molar-refractivity contribution in [3.63, 3.8) is 0 Å².